The molecule has 0 aliphatic carbocycles. The Kier molecular flexibility index (Phi) is 14.1. The van der Waals surface area contributed by atoms with E-state index in [1.165, 1.54) is 0 Å². The summed E-state index contributed by atoms with van der Waals surface area (Å²) in [5, 5.41) is 0. The van der Waals surface area contributed by atoms with Crippen molar-refractivity contribution < 1.29 is 9.47 Å². The average Bonchev–Trinajstić information content (AvgIpc) is 2.15. The van der Waals surface area contributed by atoms with Crippen molar-refractivity contribution in [2.75, 3.05) is 20.3 Å². The molecule has 1 atom stereocenters. The summed E-state index contributed by atoms with van der Waals surface area (Å²) in [5.41, 5.74) is 0. The highest BCUT2D eigenvalue weighted by atomic mass is 16.5. The molecule has 0 heterocycles. The van der Waals surface area contributed by atoms with Crippen LogP contribution in [0, 0.1) is 5.92 Å². The lowest BCUT2D eigenvalue weighted by Gasteiger charge is -2.15. The summed E-state index contributed by atoms with van der Waals surface area (Å²) in [7, 11) is 1.73. The Morgan fingerprint density at radius 1 is 1.08 bits per heavy atom. The van der Waals surface area contributed by atoms with Gasteiger partial charge in [0.1, 0.15) is 0 Å². The van der Waals surface area contributed by atoms with Crippen LogP contribution in [0.15, 0.2) is 0 Å². The van der Waals surface area contributed by atoms with Crippen molar-refractivity contribution in [3.8, 4) is 0 Å². The molecule has 0 aliphatic heterocycles. The monoisotopic (exact) mass is 190 g/mol. The van der Waals surface area contributed by atoms with E-state index in [2.05, 4.69) is 20.8 Å². The van der Waals surface area contributed by atoms with E-state index in [1.807, 2.05) is 13.8 Å². The summed E-state index contributed by atoms with van der Waals surface area (Å²) in [5.74, 6) is 0.558. The summed E-state index contributed by atoms with van der Waals surface area (Å²) in [6.07, 6.45) is 1.46. The van der Waals surface area contributed by atoms with E-state index in [0.29, 0.717) is 12.0 Å². The number of hydrogen-bond donors (Lipinski definition) is 0. The summed E-state index contributed by atoms with van der Waals surface area (Å²) in [6, 6.07) is 0. The van der Waals surface area contributed by atoms with Gasteiger partial charge < -0.3 is 9.47 Å². The van der Waals surface area contributed by atoms with Gasteiger partial charge in [-0.05, 0) is 20.3 Å². The van der Waals surface area contributed by atoms with Crippen LogP contribution in [0.3, 0.4) is 0 Å². The van der Waals surface area contributed by atoms with Gasteiger partial charge in [0.2, 0.25) is 0 Å². The number of ether oxygens (including phenoxy) is 2. The molecule has 0 aliphatic rings. The molecule has 0 fully saturated rings. The summed E-state index contributed by atoms with van der Waals surface area (Å²) >= 11 is 0. The van der Waals surface area contributed by atoms with E-state index in [0.717, 1.165) is 19.6 Å². The molecule has 0 radical (unpaired) electrons. The third-order valence-corrected chi connectivity index (χ3v) is 1.64. The standard InChI is InChI=1S/C9H20O2.C2H6/c1-5-9(6-10-4)7-11-8(2)3;1-2/h8-9H,5-7H2,1-4H3;1-2H3. The second kappa shape index (κ2) is 11.9. The van der Waals surface area contributed by atoms with Crippen LogP contribution in [0.4, 0.5) is 0 Å². The Labute approximate surface area is 83.6 Å². The maximum atomic E-state index is 5.47. The van der Waals surface area contributed by atoms with Crippen molar-refractivity contribution in [1.29, 1.82) is 0 Å². The predicted octanol–water partition coefficient (Wildman–Crippen LogP) is 3.11. The zero-order chi connectivity index (χ0) is 10.7. The second-order valence-corrected chi connectivity index (χ2v) is 3.11. The van der Waals surface area contributed by atoms with Crippen molar-refractivity contribution in [3.05, 3.63) is 0 Å². The van der Waals surface area contributed by atoms with E-state index in [9.17, 15) is 0 Å². The smallest absolute Gasteiger partial charge is 0.0519 e. The van der Waals surface area contributed by atoms with Gasteiger partial charge in [-0.3, -0.25) is 0 Å². The minimum Gasteiger partial charge on any atom is -0.384 e. The quantitative estimate of drug-likeness (QED) is 0.640. The normalized spacial score (nSPS) is 12.2. The van der Waals surface area contributed by atoms with Crippen LogP contribution in [0.5, 0.6) is 0 Å². The molecular weight excluding hydrogens is 164 g/mol. The molecule has 0 spiro atoms. The predicted molar refractivity (Wildman–Crippen MR) is 58.1 cm³/mol. The summed E-state index contributed by atoms with van der Waals surface area (Å²) < 4.78 is 10.5. The third-order valence-electron chi connectivity index (χ3n) is 1.64. The van der Waals surface area contributed by atoms with Crippen LogP contribution in [-0.2, 0) is 9.47 Å². The van der Waals surface area contributed by atoms with Crippen LogP contribution in [0.25, 0.3) is 0 Å². The Morgan fingerprint density at radius 2 is 1.62 bits per heavy atom. The Bertz CT molecular complexity index is 82.2. The minimum absolute atomic E-state index is 0.334. The van der Waals surface area contributed by atoms with E-state index in [1.54, 1.807) is 7.11 Å². The number of rotatable bonds is 6. The third kappa shape index (κ3) is 11.9. The SMILES string of the molecule is CC.CCC(COC)COC(C)C. The molecule has 2 nitrogen and oxygen atoms in total. The zero-order valence-corrected chi connectivity index (χ0v) is 10.1. The van der Waals surface area contributed by atoms with Crippen LogP contribution >= 0.6 is 0 Å². The molecule has 0 aromatic heterocycles. The van der Waals surface area contributed by atoms with Gasteiger partial charge in [0, 0.05) is 13.0 Å². The lowest BCUT2D eigenvalue weighted by molar-refractivity contribution is 0.0238. The van der Waals surface area contributed by atoms with E-state index < -0.39 is 0 Å². The molecule has 0 saturated heterocycles. The van der Waals surface area contributed by atoms with Gasteiger partial charge >= 0.3 is 0 Å². The summed E-state index contributed by atoms with van der Waals surface area (Å²) in [4.78, 5) is 0. The molecule has 82 valence electrons. The summed E-state index contributed by atoms with van der Waals surface area (Å²) in [6.45, 7) is 11.9. The largest absolute Gasteiger partial charge is 0.384 e. The van der Waals surface area contributed by atoms with Crippen molar-refractivity contribution in [2.45, 2.75) is 47.1 Å². The maximum Gasteiger partial charge on any atom is 0.0519 e. The zero-order valence-electron chi connectivity index (χ0n) is 10.1. The first-order chi connectivity index (χ1) is 6.20. The highest BCUT2D eigenvalue weighted by Gasteiger charge is 2.06. The van der Waals surface area contributed by atoms with Crippen LogP contribution in [-0.4, -0.2) is 26.4 Å². The molecule has 0 rings (SSSR count). The van der Waals surface area contributed by atoms with Gasteiger partial charge in [-0.15, -0.1) is 0 Å². The second-order valence-electron chi connectivity index (χ2n) is 3.11. The molecule has 0 saturated carbocycles. The number of hydrogen-bond acceptors (Lipinski definition) is 2. The fraction of sp³-hybridized carbons (Fsp3) is 1.00. The van der Waals surface area contributed by atoms with Crippen LogP contribution in [0.1, 0.15) is 41.0 Å². The molecular formula is C11H26O2. The lowest BCUT2D eigenvalue weighted by atomic mass is 10.1. The average molecular weight is 190 g/mol. The molecule has 0 aromatic rings. The van der Waals surface area contributed by atoms with Gasteiger partial charge in [0.05, 0.1) is 19.3 Å². The molecule has 0 aromatic carbocycles. The van der Waals surface area contributed by atoms with Gasteiger partial charge in [0.25, 0.3) is 0 Å². The van der Waals surface area contributed by atoms with E-state index in [4.69, 9.17) is 9.47 Å². The molecule has 13 heavy (non-hydrogen) atoms. The highest BCUT2D eigenvalue weighted by molar-refractivity contribution is 4.54. The first kappa shape index (κ1) is 15.4. The first-order valence-electron chi connectivity index (χ1n) is 5.31. The first-order valence-corrected chi connectivity index (χ1v) is 5.31. The molecule has 0 N–H and O–H groups in total. The highest BCUT2D eigenvalue weighted by Crippen LogP contribution is 2.04. The van der Waals surface area contributed by atoms with Gasteiger partial charge in [-0.1, -0.05) is 20.8 Å². The molecule has 0 bridgehead atoms. The maximum absolute atomic E-state index is 5.47. The fourth-order valence-corrected chi connectivity index (χ4v) is 0.848. The Balaban J connectivity index is 0. The Hall–Kier alpha value is -0.0800. The Morgan fingerprint density at radius 3 is 1.92 bits per heavy atom. The van der Waals surface area contributed by atoms with Crippen LogP contribution in [0.2, 0.25) is 0 Å². The van der Waals surface area contributed by atoms with Gasteiger partial charge in [0.15, 0.2) is 0 Å². The van der Waals surface area contributed by atoms with Crippen molar-refractivity contribution in [2.24, 2.45) is 5.92 Å². The van der Waals surface area contributed by atoms with Gasteiger partial charge in [-0.25, -0.2) is 0 Å². The van der Waals surface area contributed by atoms with Crippen molar-refractivity contribution >= 4 is 0 Å². The molecule has 0 amide bonds. The molecule has 2 heteroatoms. The van der Waals surface area contributed by atoms with Gasteiger partial charge in [-0.2, -0.15) is 0 Å². The van der Waals surface area contributed by atoms with E-state index in [-0.39, 0.29) is 0 Å². The number of methoxy groups -OCH3 is 1. The van der Waals surface area contributed by atoms with Crippen LogP contribution < -0.4 is 0 Å². The van der Waals surface area contributed by atoms with Crippen molar-refractivity contribution in [1.82, 2.24) is 0 Å². The fourth-order valence-electron chi connectivity index (χ4n) is 0.848. The van der Waals surface area contributed by atoms with Crippen molar-refractivity contribution in [3.63, 3.8) is 0 Å². The topological polar surface area (TPSA) is 18.5 Å². The molecule has 1 unspecified atom stereocenters. The van der Waals surface area contributed by atoms with E-state index >= 15 is 0 Å². The minimum atomic E-state index is 0.334. The lowest BCUT2D eigenvalue weighted by Crippen LogP contribution is -2.17.